The van der Waals surface area contributed by atoms with E-state index in [1.807, 2.05) is 12.1 Å². The maximum Gasteiger partial charge on any atom is 0.251 e. The summed E-state index contributed by atoms with van der Waals surface area (Å²) < 4.78 is 3.18. The van der Waals surface area contributed by atoms with E-state index in [4.69, 9.17) is 11.6 Å². The van der Waals surface area contributed by atoms with Crippen molar-refractivity contribution in [3.8, 4) is 0 Å². The van der Waals surface area contributed by atoms with Gasteiger partial charge in [0.25, 0.3) is 5.91 Å². The van der Waals surface area contributed by atoms with Gasteiger partial charge in [0.1, 0.15) is 6.04 Å². The standard InChI is InChI=1S/C12H11ClN6O/c1-8(19-7-9(13)6-14-19)11(20)15-12-17-16-10-4-2-3-5-18(10)12/h2-8H,1H3,(H,15,17,20). The van der Waals surface area contributed by atoms with Crippen LogP contribution in [0.15, 0.2) is 36.8 Å². The summed E-state index contributed by atoms with van der Waals surface area (Å²) in [5.74, 6) is 0.124. The summed E-state index contributed by atoms with van der Waals surface area (Å²) in [6, 6.07) is 4.99. The molecule has 3 heterocycles. The fraction of sp³-hybridized carbons (Fsp3) is 0.167. The van der Waals surface area contributed by atoms with E-state index < -0.39 is 6.04 Å². The number of pyridine rings is 1. The molecule has 0 aliphatic heterocycles. The molecule has 3 aromatic rings. The van der Waals surface area contributed by atoms with Gasteiger partial charge in [-0.15, -0.1) is 10.2 Å². The largest absolute Gasteiger partial charge is 0.292 e. The van der Waals surface area contributed by atoms with Crippen LogP contribution in [0.1, 0.15) is 13.0 Å². The molecule has 0 aliphatic carbocycles. The third kappa shape index (κ3) is 2.23. The summed E-state index contributed by atoms with van der Waals surface area (Å²) in [5.41, 5.74) is 0.664. The Hall–Kier alpha value is -2.41. The Morgan fingerprint density at radius 3 is 3.00 bits per heavy atom. The third-order valence-electron chi connectivity index (χ3n) is 2.89. The quantitative estimate of drug-likeness (QED) is 0.797. The van der Waals surface area contributed by atoms with Gasteiger partial charge < -0.3 is 0 Å². The highest BCUT2D eigenvalue weighted by Gasteiger charge is 2.18. The molecule has 0 bridgehead atoms. The van der Waals surface area contributed by atoms with Gasteiger partial charge in [-0.05, 0) is 19.1 Å². The molecule has 1 N–H and O–H groups in total. The van der Waals surface area contributed by atoms with Crippen LogP contribution in [0.2, 0.25) is 5.02 Å². The number of fused-ring (bicyclic) bond motifs is 1. The van der Waals surface area contributed by atoms with Gasteiger partial charge in [-0.2, -0.15) is 5.10 Å². The van der Waals surface area contributed by atoms with E-state index in [1.54, 1.807) is 29.8 Å². The monoisotopic (exact) mass is 290 g/mol. The number of anilines is 1. The first-order chi connectivity index (χ1) is 9.65. The zero-order valence-electron chi connectivity index (χ0n) is 10.6. The fourth-order valence-electron chi connectivity index (χ4n) is 1.79. The smallest absolute Gasteiger partial charge is 0.251 e. The first-order valence-corrected chi connectivity index (χ1v) is 6.33. The molecule has 3 aromatic heterocycles. The second-order valence-corrected chi connectivity index (χ2v) is 4.69. The van der Waals surface area contributed by atoms with Crippen LogP contribution in [0.25, 0.3) is 5.65 Å². The Bertz CT molecular complexity index is 764. The highest BCUT2D eigenvalue weighted by molar-refractivity contribution is 6.30. The predicted octanol–water partition coefficient (Wildman–Crippen LogP) is 1.78. The highest BCUT2D eigenvalue weighted by atomic mass is 35.5. The van der Waals surface area contributed by atoms with Gasteiger partial charge in [-0.25, -0.2) is 0 Å². The molecule has 1 atom stereocenters. The Labute approximate surface area is 119 Å². The lowest BCUT2D eigenvalue weighted by Crippen LogP contribution is -2.25. The molecule has 102 valence electrons. The normalized spacial score (nSPS) is 12.5. The van der Waals surface area contributed by atoms with Gasteiger partial charge in [0.05, 0.1) is 11.2 Å². The summed E-state index contributed by atoms with van der Waals surface area (Å²) in [6.07, 6.45) is 4.85. The van der Waals surface area contributed by atoms with Crippen LogP contribution in [0.5, 0.6) is 0 Å². The first-order valence-electron chi connectivity index (χ1n) is 5.95. The summed E-state index contributed by atoms with van der Waals surface area (Å²) in [4.78, 5) is 12.2. The van der Waals surface area contributed by atoms with Crippen molar-refractivity contribution in [2.24, 2.45) is 0 Å². The minimum absolute atomic E-state index is 0.247. The Morgan fingerprint density at radius 1 is 1.40 bits per heavy atom. The van der Waals surface area contributed by atoms with Crippen molar-refractivity contribution in [3.05, 3.63) is 41.8 Å². The van der Waals surface area contributed by atoms with Gasteiger partial charge in [-0.3, -0.25) is 19.2 Å². The van der Waals surface area contributed by atoms with Crippen LogP contribution in [0, 0.1) is 0 Å². The molecular formula is C12H11ClN6O. The maximum absolute atomic E-state index is 12.2. The molecule has 1 unspecified atom stereocenters. The molecule has 0 radical (unpaired) electrons. The van der Waals surface area contributed by atoms with E-state index in [9.17, 15) is 4.79 Å². The van der Waals surface area contributed by atoms with E-state index in [0.29, 0.717) is 16.6 Å². The molecule has 1 amide bonds. The number of hydrogen-bond donors (Lipinski definition) is 1. The van der Waals surface area contributed by atoms with Gasteiger partial charge in [0.15, 0.2) is 5.65 Å². The Morgan fingerprint density at radius 2 is 2.25 bits per heavy atom. The number of carbonyl (C=O) groups excluding carboxylic acids is 1. The number of carbonyl (C=O) groups is 1. The molecule has 0 saturated heterocycles. The van der Waals surface area contributed by atoms with Gasteiger partial charge in [0.2, 0.25) is 5.95 Å². The lowest BCUT2D eigenvalue weighted by atomic mass is 10.3. The number of aromatic nitrogens is 5. The maximum atomic E-state index is 12.2. The molecule has 3 rings (SSSR count). The molecule has 0 aliphatic rings. The number of rotatable bonds is 3. The van der Waals surface area contributed by atoms with Crippen molar-refractivity contribution in [1.82, 2.24) is 24.4 Å². The molecule has 0 saturated carbocycles. The zero-order valence-corrected chi connectivity index (χ0v) is 11.3. The van der Waals surface area contributed by atoms with Gasteiger partial charge in [-0.1, -0.05) is 17.7 Å². The lowest BCUT2D eigenvalue weighted by molar-refractivity contribution is -0.119. The third-order valence-corrected chi connectivity index (χ3v) is 3.09. The molecule has 0 spiro atoms. The average Bonchev–Trinajstić information content (AvgIpc) is 3.05. The summed E-state index contributed by atoms with van der Waals surface area (Å²) in [7, 11) is 0. The summed E-state index contributed by atoms with van der Waals surface area (Å²) >= 11 is 5.79. The number of halogens is 1. The predicted molar refractivity (Wildman–Crippen MR) is 73.6 cm³/mol. The average molecular weight is 291 g/mol. The number of nitrogens with zero attached hydrogens (tertiary/aromatic N) is 5. The van der Waals surface area contributed by atoms with Gasteiger partial charge in [0, 0.05) is 12.4 Å². The minimum Gasteiger partial charge on any atom is -0.292 e. The molecule has 0 aromatic carbocycles. The Kier molecular flexibility index (Phi) is 3.11. The second kappa shape index (κ2) is 4.93. The fourth-order valence-corrected chi connectivity index (χ4v) is 1.93. The molecule has 8 heteroatoms. The van der Waals surface area contributed by atoms with Crippen LogP contribution < -0.4 is 5.32 Å². The second-order valence-electron chi connectivity index (χ2n) is 4.26. The molecular weight excluding hydrogens is 280 g/mol. The van der Waals surface area contributed by atoms with Crippen LogP contribution >= 0.6 is 11.6 Å². The van der Waals surface area contributed by atoms with Crippen molar-refractivity contribution in [3.63, 3.8) is 0 Å². The topological polar surface area (TPSA) is 77.1 Å². The van der Waals surface area contributed by atoms with Crippen molar-refractivity contribution in [2.45, 2.75) is 13.0 Å². The number of amides is 1. The van der Waals surface area contributed by atoms with E-state index >= 15 is 0 Å². The molecule has 7 nitrogen and oxygen atoms in total. The van der Waals surface area contributed by atoms with Crippen LogP contribution in [0.3, 0.4) is 0 Å². The van der Waals surface area contributed by atoms with E-state index in [0.717, 1.165) is 0 Å². The first kappa shape index (κ1) is 12.6. The van der Waals surface area contributed by atoms with Crippen LogP contribution in [-0.4, -0.2) is 30.3 Å². The van der Waals surface area contributed by atoms with Crippen molar-refractivity contribution < 1.29 is 4.79 Å². The van der Waals surface area contributed by atoms with Crippen molar-refractivity contribution >= 4 is 29.1 Å². The molecule has 20 heavy (non-hydrogen) atoms. The lowest BCUT2D eigenvalue weighted by Gasteiger charge is -2.11. The number of hydrogen-bond acceptors (Lipinski definition) is 4. The van der Waals surface area contributed by atoms with Crippen LogP contribution in [0.4, 0.5) is 5.95 Å². The van der Waals surface area contributed by atoms with E-state index in [-0.39, 0.29) is 5.91 Å². The van der Waals surface area contributed by atoms with E-state index in [2.05, 4.69) is 20.6 Å². The Balaban J connectivity index is 1.82. The summed E-state index contributed by atoms with van der Waals surface area (Å²) in [6.45, 7) is 1.72. The molecule has 0 fully saturated rings. The SMILES string of the molecule is CC(C(=O)Nc1nnc2ccccn12)n1cc(Cl)cn1. The van der Waals surface area contributed by atoms with Crippen molar-refractivity contribution in [2.75, 3.05) is 5.32 Å². The summed E-state index contributed by atoms with van der Waals surface area (Å²) in [5, 5.41) is 15.1. The van der Waals surface area contributed by atoms with E-state index in [1.165, 1.54) is 10.9 Å². The van der Waals surface area contributed by atoms with Gasteiger partial charge >= 0.3 is 0 Å². The zero-order chi connectivity index (χ0) is 14.1. The van der Waals surface area contributed by atoms with Crippen molar-refractivity contribution in [1.29, 1.82) is 0 Å². The van der Waals surface area contributed by atoms with Crippen LogP contribution in [-0.2, 0) is 4.79 Å². The number of nitrogens with one attached hydrogen (secondary N) is 1. The highest BCUT2D eigenvalue weighted by Crippen LogP contribution is 2.13. The minimum atomic E-state index is -0.501.